The third kappa shape index (κ3) is 3.76. The van der Waals surface area contributed by atoms with Crippen LogP contribution >= 0.6 is 0 Å². The van der Waals surface area contributed by atoms with Gasteiger partial charge in [-0.05, 0) is 19.3 Å². The molecule has 2 atom stereocenters. The van der Waals surface area contributed by atoms with Gasteiger partial charge in [0.1, 0.15) is 0 Å². The lowest BCUT2D eigenvalue weighted by Crippen LogP contribution is -2.14. The number of methoxy groups -OCH3 is 1. The summed E-state index contributed by atoms with van der Waals surface area (Å²) in [6.45, 7) is 1.79. The Balaban J connectivity index is 1.72. The first-order valence-electron chi connectivity index (χ1n) is 6.44. The molecular formula is C12H21N3O3. The lowest BCUT2D eigenvalue weighted by atomic mass is 10.1. The van der Waals surface area contributed by atoms with Crippen LogP contribution in [0, 0.1) is 0 Å². The van der Waals surface area contributed by atoms with E-state index in [0.29, 0.717) is 38.0 Å². The van der Waals surface area contributed by atoms with Gasteiger partial charge in [-0.1, -0.05) is 5.16 Å². The van der Waals surface area contributed by atoms with Gasteiger partial charge in [0.05, 0.1) is 19.8 Å². The number of hydrogen-bond acceptors (Lipinski definition) is 6. The van der Waals surface area contributed by atoms with Gasteiger partial charge in [-0.25, -0.2) is 0 Å². The minimum atomic E-state index is 0.280. The molecule has 0 unspecified atom stereocenters. The van der Waals surface area contributed by atoms with Gasteiger partial charge in [0.2, 0.25) is 5.89 Å². The predicted molar refractivity (Wildman–Crippen MR) is 65.3 cm³/mol. The fourth-order valence-electron chi connectivity index (χ4n) is 2.18. The molecule has 0 amide bonds. The van der Waals surface area contributed by atoms with E-state index in [-0.39, 0.29) is 6.04 Å². The van der Waals surface area contributed by atoms with Crippen LogP contribution in [-0.2, 0) is 15.9 Å². The Labute approximate surface area is 107 Å². The second-order valence-corrected chi connectivity index (χ2v) is 4.67. The van der Waals surface area contributed by atoms with Gasteiger partial charge in [-0.2, -0.15) is 4.98 Å². The number of nitrogens with two attached hydrogens (primary N) is 1. The molecule has 0 bridgehead atoms. The Morgan fingerprint density at radius 3 is 2.94 bits per heavy atom. The third-order valence-electron chi connectivity index (χ3n) is 3.21. The fourth-order valence-corrected chi connectivity index (χ4v) is 2.18. The van der Waals surface area contributed by atoms with Gasteiger partial charge in [0.15, 0.2) is 5.82 Å². The maximum atomic E-state index is 5.87. The van der Waals surface area contributed by atoms with Gasteiger partial charge in [-0.3, -0.25) is 0 Å². The van der Waals surface area contributed by atoms with Crippen molar-refractivity contribution in [3.63, 3.8) is 0 Å². The lowest BCUT2D eigenvalue weighted by Gasteiger charge is -2.01. The van der Waals surface area contributed by atoms with E-state index in [1.54, 1.807) is 7.11 Å². The van der Waals surface area contributed by atoms with Crippen molar-refractivity contribution in [2.24, 2.45) is 5.73 Å². The smallest absolute Gasteiger partial charge is 0.229 e. The zero-order chi connectivity index (χ0) is 12.8. The Morgan fingerprint density at radius 1 is 1.33 bits per heavy atom. The average molecular weight is 255 g/mol. The summed E-state index contributed by atoms with van der Waals surface area (Å²) >= 11 is 0. The summed E-state index contributed by atoms with van der Waals surface area (Å²) in [5.74, 6) is 1.79. The highest BCUT2D eigenvalue weighted by molar-refractivity contribution is 4.99. The van der Waals surface area contributed by atoms with Crippen molar-refractivity contribution < 1.29 is 14.0 Å². The number of nitrogens with zero attached hydrogens (tertiary/aromatic N) is 2. The van der Waals surface area contributed by atoms with Crippen LogP contribution in [0.5, 0.6) is 0 Å². The molecule has 18 heavy (non-hydrogen) atoms. The van der Waals surface area contributed by atoms with Gasteiger partial charge in [0.25, 0.3) is 0 Å². The molecule has 1 aliphatic carbocycles. The van der Waals surface area contributed by atoms with Crippen molar-refractivity contribution in [3.8, 4) is 0 Å². The van der Waals surface area contributed by atoms with Crippen molar-refractivity contribution >= 4 is 0 Å². The van der Waals surface area contributed by atoms with Crippen LogP contribution in [0.2, 0.25) is 0 Å². The van der Waals surface area contributed by atoms with Crippen molar-refractivity contribution in [2.75, 3.05) is 26.9 Å². The SMILES string of the molecule is COCCOCCc1noc([C@@H]2CC[C@H](N)C2)n1. The average Bonchev–Trinajstić information content (AvgIpc) is 2.97. The van der Waals surface area contributed by atoms with Crippen LogP contribution < -0.4 is 5.73 Å². The van der Waals surface area contributed by atoms with Crippen LogP contribution in [-0.4, -0.2) is 43.1 Å². The molecule has 0 radical (unpaired) electrons. The molecule has 0 aliphatic heterocycles. The van der Waals surface area contributed by atoms with Gasteiger partial charge in [-0.15, -0.1) is 0 Å². The zero-order valence-corrected chi connectivity index (χ0v) is 10.8. The van der Waals surface area contributed by atoms with E-state index >= 15 is 0 Å². The molecule has 2 rings (SSSR count). The van der Waals surface area contributed by atoms with Crippen molar-refractivity contribution in [1.82, 2.24) is 10.1 Å². The standard InChI is InChI=1S/C12H21N3O3/c1-16-6-7-17-5-4-11-14-12(18-15-11)9-2-3-10(13)8-9/h9-10H,2-8,13H2,1H3/t9-,10+/m1/s1. The molecule has 0 aromatic carbocycles. The van der Waals surface area contributed by atoms with E-state index in [4.69, 9.17) is 19.7 Å². The maximum Gasteiger partial charge on any atom is 0.229 e. The van der Waals surface area contributed by atoms with E-state index in [2.05, 4.69) is 10.1 Å². The fraction of sp³-hybridized carbons (Fsp3) is 0.833. The van der Waals surface area contributed by atoms with Crippen LogP contribution in [0.25, 0.3) is 0 Å². The highest BCUT2D eigenvalue weighted by Gasteiger charge is 2.27. The highest BCUT2D eigenvalue weighted by atomic mass is 16.5. The molecule has 1 heterocycles. The van der Waals surface area contributed by atoms with E-state index in [1.165, 1.54) is 0 Å². The molecule has 1 saturated carbocycles. The molecule has 6 nitrogen and oxygen atoms in total. The third-order valence-corrected chi connectivity index (χ3v) is 3.21. The van der Waals surface area contributed by atoms with E-state index in [1.807, 2.05) is 0 Å². The van der Waals surface area contributed by atoms with Crippen molar-refractivity contribution in [3.05, 3.63) is 11.7 Å². The minimum absolute atomic E-state index is 0.280. The largest absolute Gasteiger partial charge is 0.382 e. The number of aromatic nitrogens is 2. The normalized spacial score (nSPS) is 23.7. The van der Waals surface area contributed by atoms with Crippen LogP contribution in [0.15, 0.2) is 4.52 Å². The molecule has 1 aromatic rings. The molecule has 0 saturated heterocycles. The van der Waals surface area contributed by atoms with Gasteiger partial charge >= 0.3 is 0 Å². The summed E-state index contributed by atoms with van der Waals surface area (Å²) in [7, 11) is 1.65. The molecule has 1 aromatic heterocycles. The monoisotopic (exact) mass is 255 g/mol. The van der Waals surface area contributed by atoms with Crippen LogP contribution in [0.1, 0.15) is 36.9 Å². The van der Waals surface area contributed by atoms with Crippen molar-refractivity contribution in [2.45, 2.75) is 37.6 Å². The molecule has 1 aliphatic rings. The summed E-state index contributed by atoms with van der Waals surface area (Å²) in [5, 5.41) is 3.97. The van der Waals surface area contributed by atoms with Crippen LogP contribution in [0.3, 0.4) is 0 Å². The summed E-state index contributed by atoms with van der Waals surface area (Å²) in [6.07, 6.45) is 3.72. The van der Waals surface area contributed by atoms with Crippen molar-refractivity contribution in [1.29, 1.82) is 0 Å². The minimum Gasteiger partial charge on any atom is -0.382 e. The Kier molecular flexibility index (Phi) is 5.10. The Bertz CT molecular complexity index is 356. The highest BCUT2D eigenvalue weighted by Crippen LogP contribution is 2.32. The first-order chi connectivity index (χ1) is 8.79. The quantitative estimate of drug-likeness (QED) is 0.728. The topological polar surface area (TPSA) is 83.4 Å². The molecule has 2 N–H and O–H groups in total. The van der Waals surface area contributed by atoms with Crippen LogP contribution in [0.4, 0.5) is 0 Å². The lowest BCUT2D eigenvalue weighted by molar-refractivity contribution is 0.0714. The molecule has 6 heteroatoms. The van der Waals surface area contributed by atoms with E-state index < -0.39 is 0 Å². The molecule has 1 fully saturated rings. The number of rotatable bonds is 7. The number of hydrogen-bond donors (Lipinski definition) is 1. The summed E-state index contributed by atoms with van der Waals surface area (Å²) in [6, 6.07) is 0.280. The predicted octanol–water partition coefficient (Wildman–Crippen LogP) is 0.870. The summed E-state index contributed by atoms with van der Waals surface area (Å²) < 4.78 is 15.5. The van der Waals surface area contributed by atoms with E-state index in [0.717, 1.165) is 25.2 Å². The summed E-state index contributed by atoms with van der Waals surface area (Å²) in [4.78, 5) is 4.40. The number of ether oxygens (including phenoxy) is 2. The molecule has 102 valence electrons. The maximum absolute atomic E-state index is 5.87. The second-order valence-electron chi connectivity index (χ2n) is 4.67. The van der Waals surface area contributed by atoms with Gasteiger partial charge in [0, 0.05) is 25.5 Å². The zero-order valence-electron chi connectivity index (χ0n) is 10.8. The summed E-state index contributed by atoms with van der Waals surface area (Å²) in [5.41, 5.74) is 5.87. The molecular weight excluding hydrogens is 234 g/mol. The van der Waals surface area contributed by atoms with Gasteiger partial charge < -0.3 is 19.7 Å². The first kappa shape index (κ1) is 13.5. The second kappa shape index (κ2) is 6.82. The Hall–Kier alpha value is -0.980. The first-order valence-corrected chi connectivity index (χ1v) is 6.44. The Morgan fingerprint density at radius 2 is 2.22 bits per heavy atom. The molecule has 0 spiro atoms. The van der Waals surface area contributed by atoms with E-state index in [9.17, 15) is 0 Å².